The summed E-state index contributed by atoms with van der Waals surface area (Å²) in [7, 11) is 0. The molecule has 1 N–H and O–H groups in total. The monoisotopic (exact) mass is 407 g/mol. The second-order valence-electron chi connectivity index (χ2n) is 7.19. The van der Waals surface area contributed by atoms with Crippen LogP contribution in [0.4, 0.5) is 4.39 Å². The number of fused-ring (bicyclic) bond motifs is 1. The van der Waals surface area contributed by atoms with Crippen molar-refractivity contribution in [2.24, 2.45) is 0 Å². The van der Waals surface area contributed by atoms with E-state index >= 15 is 0 Å². The number of nitrogens with zero attached hydrogens (tertiary/aromatic N) is 4. The van der Waals surface area contributed by atoms with Crippen LogP contribution in [0.2, 0.25) is 0 Å². The van der Waals surface area contributed by atoms with Crippen molar-refractivity contribution in [2.75, 3.05) is 0 Å². The third kappa shape index (κ3) is 3.51. The van der Waals surface area contributed by atoms with Gasteiger partial charge in [0, 0.05) is 29.1 Å². The van der Waals surface area contributed by atoms with E-state index in [1.807, 2.05) is 23.6 Å². The number of carbonyl (C=O) groups excluding carboxylic acids is 1. The molecule has 8 heteroatoms. The first-order valence-corrected chi connectivity index (χ1v) is 10.2. The third-order valence-corrected chi connectivity index (χ3v) is 6.23. The quantitative estimate of drug-likeness (QED) is 0.540. The molecule has 1 aromatic carbocycles. The Kier molecular flexibility index (Phi) is 4.35. The van der Waals surface area contributed by atoms with Crippen molar-refractivity contribution in [1.29, 1.82) is 0 Å². The Morgan fingerprint density at radius 2 is 2.07 bits per heavy atom. The standard InChI is InChI=1S/C21H18FN5OS/c1-12-19(20(28)23-9-16-8-17(13-2-3-13)25-11-24-16)29-21-26-18(10-27(12)21)14-4-6-15(22)7-5-14/h4-8,10-11,13H,2-3,9H2,1H3,(H,23,28). The Balaban J connectivity index is 1.33. The molecule has 4 aromatic rings. The summed E-state index contributed by atoms with van der Waals surface area (Å²) >= 11 is 1.34. The lowest BCUT2D eigenvalue weighted by atomic mass is 10.2. The summed E-state index contributed by atoms with van der Waals surface area (Å²) in [6.45, 7) is 2.26. The summed E-state index contributed by atoms with van der Waals surface area (Å²) in [6.07, 6.45) is 5.79. The molecule has 0 aliphatic heterocycles. The Morgan fingerprint density at radius 3 is 2.79 bits per heavy atom. The fourth-order valence-corrected chi connectivity index (χ4v) is 4.31. The summed E-state index contributed by atoms with van der Waals surface area (Å²) in [5, 5.41) is 2.94. The van der Waals surface area contributed by atoms with Crippen LogP contribution in [-0.4, -0.2) is 25.3 Å². The van der Waals surface area contributed by atoms with E-state index in [2.05, 4.69) is 20.3 Å². The number of hydrogen-bond acceptors (Lipinski definition) is 5. The highest BCUT2D eigenvalue weighted by Crippen LogP contribution is 2.38. The SMILES string of the molecule is Cc1c(C(=O)NCc2cc(C3CC3)ncn2)sc2nc(-c3ccc(F)cc3)cn12. The Morgan fingerprint density at radius 1 is 1.28 bits per heavy atom. The van der Waals surface area contributed by atoms with Gasteiger partial charge < -0.3 is 5.32 Å². The number of amides is 1. The first kappa shape index (κ1) is 17.9. The predicted octanol–water partition coefficient (Wildman–Crippen LogP) is 4.11. The number of aryl methyl sites for hydroxylation is 1. The topological polar surface area (TPSA) is 72.2 Å². The van der Waals surface area contributed by atoms with Crippen LogP contribution in [-0.2, 0) is 6.54 Å². The van der Waals surface area contributed by atoms with Crippen molar-refractivity contribution < 1.29 is 9.18 Å². The van der Waals surface area contributed by atoms with Gasteiger partial charge in [0.05, 0.1) is 17.9 Å². The van der Waals surface area contributed by atoms with E-state index in [0.29, 0.717) is 17.3 Å². The van der Waals surface area contributed by atoms with Crippen molar-refractivity contribution in [3.05, 3.63) is 70.6 Å². The summed E-state index contributed by atoms with van der Waals surface area (Å²) in [4.78, 5) is 27.2. The smallest absolute Gasteiger partial charge is 0.263 e. The number of benzene rings is 1. The molecule has 0 atom stereocenters. The van der Waals surface area contributed by atoms with Gasteiger partial charge >= 0.3 is 0 Å². The van der Waals surface area contributed by atoms with Gasteiger partial charge in [0.15, 0.2) is 4.96 Å². The number of halogens is 1. The summed E-state index contributed by atoms with van der Waals surface area (Å²) in [6, 6.07) is 8.19. The van der Waals surface area contributed by atoms with Gasteiger partial charge in [0.2, 0.25) is 0 Å². The Labute approximate surface area is 170 Å². The molecule has 0 saturated heterocycles. The van der Waals surface area contributed by atoms with Crippen LogP contribution in [0.25, 0.3) is 16.2 Å². The van der Waals surface area contributed by atoms with Crippen molar-refractivity contribution in [2.45, 2.75) is 32.2 Å². The molecule has 5 rings (SSSR count). The maximum absolute atomic E-state index is 13.1. The molecule has 1 saturated carbocycles. The van der Waals surface area contributed by atoms with Crippen LogP contribution in [0.15, 0.2) is 42.9 Å². The summed E-state index contributed by atoms with van der Waals surface area (Å²) in [5.41, 5.74) is 4.28. The van der Waals surface area contributed by atoms with E-state index in [1.165, 1.54) is 36.3 Å². The zero-order valence-electron chi connectivity index (χ0n) is 15.7. The van der Waals surface area contributed by atoms with Crippen LogP contribution in [0.1, 0.15) is 45.5 Å². The minimum absolute atomic E-state index is 0.145. The molecule has 0 radical (unpaired) electrons. The number of imidazole rings is 1. The molecular formula is C21H18FN5OS. The molecule has 1 amide bonds. The number of rotatable bonds is 5. The maximum Gasteiger partial charge on any atom is 0.263 e. The van der Waals surface area contributed by atoms with Crippen LogP contribution in [0.5, 0.6) is 0 Å². The fraction of sp³-hybridized carbons (Fsp3) is 0.238. The lowest BCUT2D eigenvalue weighted by molar-refractivity contribution is 0.0953. The van der Waals surface area contributed by atoms with Crippen molar-refractivity contribution in [3.8, 4) is 11.3 Å². The highest BCUT2D eigenvalue weighted by Gasteiger charge is 2.25. The average molecular weight is 407 g/mol. The molecule has 0 spiro atoms. The number of carbonyl (C=O) groups is 1. The molecule has 1 aliphatic carbocycles. The summed E-state index contributed by atoms with van der Waals surface area (Å²) < 4.78 is 15.0. The molecule has 0 bridgehead atoms. The lowest BCUT2D eigenvalue weighted by Gasteiger charge is -2.05. The number of hydrogen-bond donors (Lipinski definition) is 1. The Bertz CT molecular complexity index is 1210. The van der Waals surface area contributed by atoms with Crippen molar-refractivity contribution in [3.63, 3.8) is 0 Å². The molecular weight excluding hydrogens is 389 g/mol. The van der Waals surface area contributed by atoms with Gasteiger partial charge in [-0.05, 0) is 50.1 Å². The van der Waals surface area contributed by atoms with E-state index < -0.39 is 0 Å². The van der Waals surface area contributed by atoms with E-state index in [0.717, 1.165) is 33.3 Å². The van der Waals surface area contributed by atoms with E-state index in [-0.39, 0.29) is 11.7 Å². The normalized spacial score (nSPS) is 13.7. The fourth-order valence-electron chi connectivity index (χ4n) is 3.29. The van der Waals surface area contributed by atoms with Crippen LogP contribution in [0, 0.1) is 12.7 Å². The van der Waals surface area contributed by atoms with Gasteiger partial charge in [0.1, 0.15) is 17.0 Å². The van der Waals surface area contributed by atoms with E-state index in [1.54, 1.807) is 18.5 Å². The summed E-state index contributed by atoms with van der Waals surface area (Å²) in [5.74, 6) is 0.126. The number of nitrogens with one attached hydrogen (secondary N) is 1. The predicted molar refractivity (Wildman–Crippen MR) is 108 cm³/mol. The zero-order chi connectivity index (χ0) is 20.0. The van der Waals surface area contributed by atoms with Crippen LogP contribution >= 0.6 is 11.3 Å². The minimum atomic E-state index is -0.280. The lowest BCUT2D eigenvalue weighted by Crippen LogP contribution is -2.23. The minimum Gasteiger partial charge on any atom is -0.346 e. The molecule has 3 aromatic heterocycles. The van der Waals surface area contributed by atoms with Crippen molar-refractivity contribution in [1.82, 2.24) is 24.7 Å². The second-order valence-corrected chi connectivity index (χ2v) is 8.17. The van der Waals surface area contributed by atoms with Gasteiger partial charge in [-0.3, -0.25) is 9.20 Å². The van der Waals surface area contributed by atoms with Gasteiger partial charge in [-0.2, -0.15) is 0 Å². The van der Waals surface area contributed by atoms with Gasteiger partial charge in [0.25, 0.3) is 5.91 Å². The third-order valence-electron chi connectivity index (χ3n) is 5.07. The molecule has 29 heavy (non-hydrogen) atoms. The van der Waals surface area contributed by atoms with Gasteiger partial charge in [-0.1, -0.05) is 11.3 Å². The largest absolute Gasteiger partial charge is 0.346 e. The van der Waals surface area contributed by atoms with Crippen LogP contribution < -0.4 is 5.32 Å². The molecule has 0 unspecified atom stereocenters. The first-order valence-electron chi connectivity index (χ1n) is 9.42. The molecule has 146 valence electrons. The first-order chi connectivity index (χ1) is 14.1. The molecule has 3 heterocycles. The number of aromatic nitrogens is 4. The molecule has 1 fully saturated rings. The van der Waals surface area contributed by atoms with E-state index in [9.17, 15) is 9.18 Å². The Hall–Kier alpha value is -3.13. The van der Waals surface area contributed by atoms with Gasteiger partial charge in [-0.15, -0.1) is 0 Å². The molecule has 1 aliphatic rings. The van der Waals surface area contributed by atoms with E-state index in [4.69, 9.17) is 0 Å². The average Bonchev–Trinajstić information content (AvgIpc) is 3.43. The molecule has 6 nitrogen and oxygen atoms in total. The second kappa shape index (κ2) is 7.04. The number of thiazole rings is 1. The highest BCUT2D eigenvalue weighted by molar-refractivity contribution is 7.19. The van der Waals surface area contributed by atoms with Gasteiger partial charge in [-0.25, -0.2) is 19.3 Å². The van der Waals surface area contributed by atoms with Crippen molar-refractivity contribution >= 4 is 22.2 Å². The maximum atomic E-state index is 13.1. The zero-order valence-corrected chi connectivity index (χ0v) is 16.5. The van der Waals surface area contributed by atoms with Crippen LogP contribution in [0.3, 0.4) is 0 Å². The highest BCUT2D eigenvalue weighted by atomic mass is 32.1.